The van der Waals surface area contributed by atoms with Crippen molar-refractivity contribution in [1.82, 2.24) is 10.2 Å². The Labute approximate surface area is 116 Å². The lowest BCUT2D eigenvalue weighted by atomic mass is 9.88. The molecule has 1 aromatic rings. The van der Waals surface area contributed by atoms with Crippen LogP contribution >= 0.6 is 0 Å². The number of carbonyl (C=O) groups excluding carboxylic acids is 3. The highest BCUT2D eigenvalue weighted by atomic mass is 16.2. The van der Waals surface area contributed by atoms with Crippen LogP contribution in [-0.2, 0) is 9.59 Å². The molecule has 2 heterocycles. The van der Waals surface area contributed by atoms with E-state index in [9.17, 15) is 14.4 Å². The SMILES string of the molecule is C=C1c2ccccc2C(=O)N1C1(C)CCC(=O)NC1=O. The van der Waals surface area contributed by atoms with Gasteiger partial charge in [0.05, 0.1) is 0 Å². The molecular formula is C15H14N2O3. The Morgan fingerprint density at radius 3 is 2.45 bits per heavy atom. The van der Waals surface area contributed by atoms with Crippen molar-refractivity contribution in [3.05, 3.63) is 42.0 Å². The summed E-state index contributed by atoms with van der Waals surface area (Å²) in [7, 11) is 0. The van der Waals surface area contributed by atoms with Crippen molar-refractivity contribution in [2.24, 2.45) is 0 Å². The summed E-state index contributed by atoms with van der Waals surface area (Å²) in [6.07, 6.45) is 0.520. The summed E-state index contributed by atoms with van der Waals surface area (Å²) in [5, 5.41) is 2.30. The van der Waals surface area contributed by atoms with E-state index in [1.54, 1.807) is 19.1 Å². The molecule has 5 heteroatoms. The van der Waals surface area contributed by atoms with Crippen LogP contribution in [0.2, 0.25) is 0 Å². The molecule has 2 aliphatic heterocycles. The Balaban J connectivity index is 2.04. The van der Waals surface area contributed by atoms with Crippen LogP contribution in [0.1, 0.15) is 35.7 Å². The molecule has 0 aromatic heterocycles. The van der Waals surface area contributed by atoms with Crippen LogP contribution in [0, 0.1) is 0 Å². The van der Waals surface area contributed by atoms with E-state index in [1.165, 1.54) is 4.90 Å². The van der Waals surface area contributed by atoms with E-state index >= 15 is 0 Å². The minimum Gasteiger partial charge on any atom is -0.294 e. The molecule has 1 atom stereocenters. The van der Waals surface area contributed by atoms with Gasteiger partial charge in [-0.25, -0.2) is 0 Å². The van der Waals surface area contributed by atoms with Gasteiger partial charge in [0.2, 0.25) is 5.91 Å². The molecule has 102 valence electrons. The second-order valence-corrected chi connectivity index (χ2v) is 5.28. The molecule has 3 amide bonds. The molecule has 1 fully saturated rings. The van der Waals surface area contributed by atoms with Gasteiger partial charge in [-0.1, -0.05) is 24.8 Å². The summed E-state index contributed by atoms with van der Waals surface area (Å²) < 4.78 is 0. The zero-order chi connectivity index (χ0) is 14.5. The van der Waals surface area contributed by atoms with Crippen molar-refractivity contribution >= 4 is 23.4 Å². The molecule has 1 unspecified atom stereocenters. The Hall–Kier alpha value is -2.43. The van der Waals surface area contributed by atoms with Gasteiger partial charge in [0, 0.05) is 23.2 Å². The lowest BCUT2D eigenvalue weighted by molar-refractivity contribution is -0.140. The summed E-state index contributed by atoms with van der Waals surface area (Å²) in [5.41, 5.74) is 0.727. The van der Waals surface area contributed by atoms with Crippen LogP contribution in [-0.4, -0.2) is 28.2 Å². The van der Waals surface area contributed by atoms with Crippen molar-refractivity contribution in [1.29, 1.82) is 0 Å². The first kappa shape index (κ1) is 12.6. The van der Waals surface area contributed by atoms with E-state index < -0.39 is 11.4 Å². The molecule has 2 aliphatic rings. The number of nitrogens with one attached hydrogen (secondary N) is 1. The maximum absolute atomic E-state index is 12.5. The number of imide groups is 1. The lowest BCUT2D eigenvalue weighted by Gasteiger charge is -2.40. The van der Waals surface area contributed by atoms with Gasteiger partial charge in [-0.2, -0.15) is 0 Å². The van der Waals surface area contributed by atoms with E-state index in [0.29, 0.717) is 17.7 Å². The Morgan fingerprint density at radius 1 is 1.20 bits per heavy atom. The van der Waals surface area contributed by atoms with Gasteiger partial charge in [0.15, 0.2) is 0 Å². The number of hydrogen-bond donors (Lipinski definition) is 1. The average molecular weight is 270 g/mol. The number of nitrogens with zero attached hydrogens (tertiary/aromatic N) is 1. The highest BCUT2D eigenvalue weighted by Gasteiger charge is 2.50. The molecule has 1 saturated heterocycles. The molecule has 5 nitrogen and oxygen atoms in total. The van der Waals surface area contributed by atoms with Crippen LogP contribution in [0.3, 0.4) is 0 Å². The fourth-order valence-corrected chi connectivity index (χ4v) is 2.81. The predicted molar refractivity (Wildman–Crippen MR) is 72.4 cm³/mol. The summed E-state index contributed by atoms with van der Waals surface area (Å²) in [6.45, 7) is 5.61. The molecule has 0 saturated carbocycles. The molecule has 0 radical (unpaired) electrons. The Morgan fingerprint density at radius 2 is 1.85 bits per heavy atom. The lowest BCUT2D eigenvalue weighted by Crippen LogP contribution is -2.60. The summed E-state index contributed by atoms with van der Waals surface area (Å²) in [4.78, 5) is 37.4. The minimum absolute atomic E-state index is 0.218. The summed E-state index contributed by atoms with van der Waals surface area (Å²) in [6, 6.07) is 7.14. The van der Waals surface area contributed by atoms with Gasteiger partial charge >= 0.3 is 0 Å². The van der Waals surface area contributed by atoms with Gasteiger partial charge in [0.1, 0.15) is 5.54 Å². The summed E-state index contributed by atoms with van der Waals surface area (Å²) >= 11 is 0. The monoisotopic (exact) mass is 270 g/mol. The standard InChI is InChI=1S/C15H14N2O3/c1-9-10-5-3-4-6-11(10)13(19)17(9)15(2)8-7-12(18)16-14(15)20/h3-6H,1,7-8H2,2H3,(H,16,18,20). The molecule has 1 aromatic carbocycles. The second kappa shape index (κ2) is 4.03. The maximum atomic E-state index is 12.5. The van der Waals surface area contributed by atoms with Crippen molar-refractivity contribution in [2.45, 2.75) is 25.3 Å². The highest BCUT2D eigenvalue weighted by molar-refractivity contribution is 6.13. The predicted octanol–water partition coefficient (Wildman–Crippen LogP) is 1.31. The van der Waals surface area contributed by atoms with Gasteiger partial charge in [-0.05, 0) is 19.4 Å². The number of amides is 3. The van der Waals surface area contributed by atoms with E-state index in [1.807, 2.05) is 12.1 Å². The largest absolute Gasteiger partial charge is 0.294 e. The Bertz CT molecular complexity index is 630. The molecule has 0 bridgehead atoms. The zero-order valence-corrected chi connectivity index (χ0v) is 11.1. The van der Waals surface area contributed by atoms with Crippen LogP contribution in [0.5, 0.6) is 0 Å². The normalized spacial score (nSPS) is 25.8. The van der Waals surface area contributed by atoms with Crippen LogP contribution in [0.15, 0.2) is 30.8 Å². The van der Waals surface area contributed by atoms with Crippen LogP contribution < -0.4 is 5.32 Å². The topological polar surface area (TPSA) is 66.5 Å². The average Bonchev–Trinajstić information content (AvgIpc) is 2.68. The minimum atomic E-state index is -1.07. The quantitative estimate of drug-likeness (QED) is 0.782. The molecule has 1 N–H and O–H groups in total. The number of carbonyl (C=O) groups is 3. The fourth-order valence-electron chi connectivity index (χ4n) is 2.81. The van der Waals surface area contributed by atoms with Gasteiger partial charge < -0.3 is 0 Å². The van der Waals surface area contributed by atoms with Gasteiger partial charge in [-0.15, -0.1) is 0 Å². The van der Waals surface area contributed by atoms with Crippen molar-refractivity contribution in [3.8, 4) is 0 Å². The van der Waals surface area contributed by atoms with Crippen molar-refractivity contribution in [3.63, 3.8) is 0 Å². The third kappa shape index (κ3) is 1.52. The van der Waals surface area contributed by atoms with Crippen molar-refractivity contribution < 1.29 is 14.4 Å². The van der Waals surface area contributed by atoms with Crippen LogP contribution in [0.25, 0.3) is 5.70 Å². The fraction of sp³-hybridized carbons (Fsp3) is 0.267. The molecular weight excluding hydrogens is 256 g/mol. The number of hydrogen-bond acceptors (Lipinski definition) is 3. The molecule has 0 spiro atoms. The van der Waals surface area contributed by atoms with Crippen molar-refractivity contribution in [2.75, 3.05) is 0 Å². The van der Waals surface area contributed by atoms with E-state index in [4.69, 9.17) is 0 Å². The molecule has 20 heavy (non-hydrogen) atoms. The first-order valence-electron chi connectivity index (χ1n) is 6.42. The maximum Gasteiger partial charge on any atom is 0.259 e. The molecule has 3 rings (SSSR count). The number of fused-ring (bicyclic) bond motifs is 1. The van der Waals surface area contributed by atoms with Gasteiger partial charge in [-0.3, -0.25) is 24.6 Å². The third-order valence-corrected chi connectivity index (χ3v) is 4.02. The highest BCUT2D eigenvalue weighted by Crippen LogP contribution is 2.39. The summed E-state index contributed by atoms with van der Waals surface area (Å²) in [5.74, 6) is -0.990. The number of benzene rings is 1. The van der Waals surface area contributed by atoms with E-state index in [2.05, 4.69) is 11.9 Å². The molecule has 0 aliphatic carbocycles. The Kier molecular flexibility index (Phi) is 2.54. The van der Waals surface area contributed by atoms with E-state index in [0.717, 1.165) is 5.56 Å². The first-order valence-corrected chi connectivity index (χ1v) is 6.42. The third-order valence-electron chi connectivity index (χ3n) is 4.02. The van der Waals surface area contributed by atoms with Crippen LogP contribution in [0.4, 0.5) is 0 Å². The number of rotatable bonds is 1. The first-order chi connectivity index (χ1) is 9.45. The zero-order valence-electron chi connectivity index (χ0n) is 11.1. The van der Waals surface area contributed by atoms with E-state index in [-0.39, 0.29) is 18.2 Å². The van der Waals surface area contributed by atoms with Gasteiger partial charge in [0.25, 0.3) is 11.8 Å². The number of piperidine rings is 1. The second-order valence-electron chi connectivity index (χ2n) is 5.28. The smallest absolute Gasteiger partial charge is 0.259 e.